The van der Waals surface area contributed by atoms with E-state index in [9.17, 15) is 13.2 Å². The molecule has 0 aliphatic carbocycles. The van der Waals surface area contributed by atoms with Gasteiger partial charge in [-0.1, -0.05) is 25.5 Å². The third-order valence-corrected chi connectivity index (χ3v) is 5.15. The van der Waals surface area contributed by atoms with Gasteiger partial charge in [0.25, 0.3) is 0 Å². The van der Waals surface area contributed by atoms with Crippen LogP contribution in [0.5, 0.6) is 0 Å². The maximum atomic E-state index is 12.4. The van der Waals surface area contributed by atoms with Crippen LogP contribution in [0.2, 0.25) is 0 Å². The molecule has 1 aromatic carbocycles. The van der Waals surface area contributed by atoms with E-state index < -0.39 is 15.7 Å². The topological polar surface area (TPSA) is 96.3 Å². The van der Waals surface area contributed by atoms with E-state index in [0.717, 1.165) is 18.4 Å². The van der Waals surface area contributed by atoms with Crippen molar-refractivity contribution in [3.05, 3.63) is 53.1 Å². The molecule has 0 atom stereocenters. The van der Waals surface area contributed by atoms with Crippen LogP contribution >= 0.6 is 0 Å². The molecule has 3 rings (SSSR count). The van der Waals surface area contributed by atoms with Crippen LogP contribution in [0.3, 0.4) is 0 Å². The number of benzene rings is 1. The lowest BCUT2D eigenvalue weighted by Gasteiger charge is -2.08. The fourth-order valence-corrected chi connectivity index (χ4v) is 3.56. The van der Waals surface area contributed by atoms with Crippen molar-refractivity contribution >= 4 is 15.5 Å². The fourth-order valence-electron chi connectivity index (χ4n) is 2.44. The van der Waals surface area contributed by atoms with Gasteiger partial charge < -0.3 is 0 Å². The molecule has 0 aliphatic heterocycles. The van der Waals surface area contributed by atoms with Gasteiger partial charge in [0.1, 0.15) is 0 Å². The zero-order chi connectivity index (χ0) is 17.2. The number of aromatic nitrogens is 3. The average Bonchev–Trinajstić information content (AvgIpc) is 2.98. The van der Waals surface area contributed by atoms with Crippen LogP contribution in [0.4, 0.5) is 0 Å². The molecule has 0 saturated carbocycles. The number of hydrogen-bond acceptors (Lipinski definition) is 4. The Morgan fingerprint density at radius 2 is 2.08 bits per heavy atom. The quantitative estimate of drug-likeness (QED) is 0.665. The van der Waals surface area contributed by atoms with E-state index in [2.05, 4.69) is 14.8 Å². The van der Waals surface area contributed by atoms with Crippen LogP contribution < -0.4 is 10.4 Å². The van der Waals surface area contributed by atoms with Crippen molar-refractivity contribution in [3.8, 4) is 11.3 Å². The lowest BCUT2D eigenvalue weighted by atomic mass is 10.2. The summed E-state index contributed by atoms with van der Waals surface area (Å²) in [6.45, 7) is 2.42. The normalized spacial score (nSPS) is 11.9. The minimum Gasteiger partial charge on any atom is -0.250 e. The van der Waals surface area contributed by atoms with E-state index in [1.807, 2.05) is 13.0 Å². The van der Waals surface area contributed by atoms with Gasteiger partial charge in [-0.25, -0.2) is 23.0 Å². The molecule has 0 radical (unpaired) electrons. The molecular formula is C16H18N4O3S. The molecule has 0 saturated heterocycles. The van der Waals surface area contributed by atoms with E-state index in [0.29, 0.717) is 17.8 Å². The van der Waals surface area contributed by atoms with E-state index in [-0.39, 0.29) is 4.90 Å². The van der Waals surface area contributed by atoms with Crippen molar-refractivity contribution in [1.82, 2.24) is 19.3 Å². The first kappa shape index (κ1) is 16.4. The van der Waals surface area contributed by atoms with Gasteiger partial charge in [0, 0.05) is 12.1 Å². The average molecular weight is 346 g/mol. The van der Waals surface area contributed by atoms with E-state index in [1.54, 1.807) is 34.8 Å². The zero-order valence-electron chi connectivity index (χ0n) is 13.2. The summed E-state index contributed by atoms with van der Waals surface area (Å²) in [5, 5.41) is 2.62. The molecular weight excluding hydrogens is 328 g/mol. The minimum atomic E-state index is -3.55. The van der Waals surface area contributed by atoms with Gasteiger partial charge in [-0.15, -0.1) is 0 Å². The highest BCUT2D eigenvalue weighted by Crippen LogP contribution is 2.23. The van der Waals surface area contributed by atoms with Gasteiger partial charge >= 0.3 is 5.69 Å². The Hall–Kier alpha value is -2.45. The van der Waals surface area contributed by atoms with Crippen LogP contribution in [0.15, 0.2) is 52.3 Å². The first-order valence-electron chi connectivity index (χ1n) is 7.68. The summed E-state index contributed by atoms with van der Waals surface area (Å²) in [7, 11) is -3.55. The molecule has 0 bridgehead atoms. The lowest BCUT2D eigenvalue weighted by molar-refractivity contribution is 0.578. The van der Waals surface area contributed by atoms with Crippen LogP contribution in [-0.4, -0.2) is 29.6 Å². The molecule has 0 fully saturated rings. The maximum absolute atomic E-state index is 12.4. The molecule has 0 spiro atoms. The van der Waals surface area contributed by atoms with Gasteiger partial charge in [-0.3, -0.25) is 4.52 Å². The molecule has 0 aliphatic rings. The summed E-state index contributed by atoms with van der Waals surface area (Å²) < 4.78 is 28.9. The van der Waals surface area contributed by atoms with Crippen molar-refractivity contribution in [1.29, 1.82) is 0 Å². The second-order valence-corrected chi connectivity index (χ2v) is 7.20. The summed E-state index contributed by atoms with van der Waals surface area (Å²) in [5.74, 6) is 0. The number of unbranched alkanes of at least 4 members (excludes halogenated alkanes) is 1. The van der Waals surface area contributed by atoms with E-state index in [4.69, 9.17) is 0 Å². The highest BCUT2D eigenvalue weighted by molar-refractivity contribution is 7.89. The van der Waals surface area contributed by atoms with Gasteiger partial charge in [0.15, 0.2) is 0 Å². The van der Waals surface area contributed by atoms with Crippen molar-refractivity contribution in [2.75, 3.05) is 6.54 Å². The summed E-state index contributed by atoms with van der Waals surface area (Å²) >= 11 is 0. The second-order valence-electron chi connectivity index (χ2n) is 5.43. The predicted molar refractivity (Wildman–Crippen MR) is 91.3 cm³/mol. The van der Waals surface area contributed by atoms with Crippen LogP contribution in [0.25, 0.3) is 16.8 Å². The Morgan fingerprint density at radius 1 is 1.25 bits per heavy atom. The van der Waals surface area contributed by atoms with Crippen molar-refractivity contribution < 1.29 is 8.42 Å². The minimum absolute atomic E-state index is 0.197. The predicted octanol–water partition coefficient (Wildman–Crippen LogP) is 1.77. The number of nitrogens with zero attached hydrogens (tertiary/aromatic N) is 2. The Kier molecular flexibility index (Phi) is 4.50. The van der Waals surface area contributed by atoms with Gasteiger partial charge in [-0.2, -0.15) is 4.98 Å². The Morgan fingerprint density at radius 3 is 2.88 bits per heavy atom. The molecule has 2 aromatic heterocycles. The lowest BCUT2D eigenvalue weighted by Crippen LogP contribution is -2.24. The highest BCUT2D eigenvalue weighted by atomic mass is 32.2. The number of sulfonamides is 1. The molecule has 7 nitrogen and oxygen atoms in total. The number of hydrogen-bond donors (Lipinski definition) is 2. The summed E-state index contributed by atoms with van der Waals surface area (Å²) in [6, 6.07) is 10.2. The number of aromatic amines is 1. The van der Waals surface area contributed by atoms with Crippen LogP contribution in [-0.2, 0) is 10.0 Å². The Labute approximate surface area is 139 Å². The molecule has 3 aromatic rings. The van der Waals surface area contributed by atoms with E-state index >= 15 is 0 Å². The molecule has 2 N–H and O–H groups in total. The fraction of sp³-hybridized carbons (Fsp3) is 0.250. The van der Waals surface area contributed by atoms with Gasteiger partial charge in [0.05, 0.1) is 22.3 Å². The number of fused-ring (bicyclic) bond motifs is 1. The van der Waals surface area contributed by atoms with Crippen LogP contribution in [0, 0.1) is 0 Å². The second kappa shape index (κ2) is 6.58. The van der Waals surface area contributed by atoms with Crippen molar-refractivity contribution in [2.24, 2.45) is 0 Å². The highest BCUT2D eigenvalue weighted by Gasteiger charge is 2.15. The largest absolute Gasteiger partial charge is 0.360 e. The van der Waals surface area contributed by atoms with E-state index in [1.165, 1.54) is 6.20 Å². The zero-order valence-corrected chi connectivity index (χ0v) is 14.0. The van der Waals surface area contributed by atoms with Gasteiger partial charge in [0.2, 0.25) is 10.0 Å². The standard InChI is InChI=1S/C16H18N4O3S/c1-2-3-9-18-24(22,23)14-6-4-5-12(10-14)15-8-7-13-11-17-16(21)19-20(13)15/h4-8,10-11,18H,2-3,9H2,1H3,(H,19,21). The summed E-state index contributed by atoms with van der Waals surface area (Å²) in [6.07, 6.45) is 3.17. The maximum Gasteiger partial charge on any atom is 0.360 e. The van der Waals surface area contributed by atoms with Crippen molar-refractivity contribution in [2.45, 2.75) is 24.7 Å². The molecule has 24 heavy (non-hydrogen) atoms. The monoisotopic (exact) mass is 346 g/mol. The first-order valence-corrected chi connectivity index (χ1v) is 9.16. The van der Waals surface area contributed by atoms with Gasteiger partial charge in [-0.05, 0) is 30.7 Å². The molecule has 2 heterocycles. The SMILES string of the molecule is CCCCNS(=O)(=O)c1cccc(-c2ccc3cnc(=O)[nH]n23)c1. The number of H-pyrrole nitrogens is 1. The third kappa shape index (κ3) is 3.24. The Balaban J connectivity index is 2.01. The van der Waals surface area contributed by atoms with Crippen molar-refractivity contribution in [3.63, 3.8) is 0 Å². The van der Waals surface area contributed by atoms with Crippen LogP contribution in [0.1, 0.15) is 19.8 Å². The molecule has 8 heteroatoms. The third-order valence-electron chi connectivity index (χ3n) is 3.70. The Bertz CT molecular complexity index is 1020. The summed E-state index contributed by atoms with van der Waals surface area (Å²) in [5.41, 5.74) is 1.63. The number of nitrogens with one attached hydrogen (secondary N) is 2. The molecule has 0 unspecified atom stereocenters. The summed E-state index contributed by atoms with van der Waals surface area (Å²) in [4.78, 5) is 15.3. The first-order chi connectivity index (χ1) is 11.5. The number of rotatable bonds is 6. The molecule has 0 amide bonds. The smallest absolute Gasteiger partial charge is 0.250 e. The molecule has 126 valence electrons.